The number of carbonyl (C=O) groups is 1. The number of aromatic nitrogens is 7. The first-order valence-corrected chi connectivity index (χ1v) is 10.0. The monoisotopic (exact) mass is 420 g/mol. The molecule has 1 N–H and O–H groups in total. The van der Waals surface area contributed by atoms with Gasteiger partial charge in [-0.1, -0.05) is 23.4 Å². The van der Waals surface area contributed by atoms with Crippen LogP contribution in [-0.2, 0) is 16.1 Å². The lowest BCUT2D eigenvalue weighted by Gasteiger charge is -2.12. The number of nitrogens with one attached hydrogen (secondary N) is 1. The molecule has 0 spiro atoms. The molecule has 28 heavy (non-hydrogen) atoms. The lowest BCUT2D eigenvalue weighted by atomic mass is 10.2. The van der Waals surface area contributed by atoms with Crippen molar-refractivity contribution in [2.24, 2.45) is 0 Å². The summed E-state index contributed by atoms with van der Waals surface area (Å²) in [7, 11) is 0. The zero-order valence-corrected chi connectivity index (χ0v) is 16.3. The second-order valence-electron chi connectivity index (χ2n) is 6.12. The van der Waals surface area contributed by atoms with Crippen molar-refractivity contribution in [1.82, 2.24) is 35.0 Å². The summed E-state index contributed by atoms with van der Waals surface area (Å²) in [6.07, 6.45) is 5.13. The van der Waals surface area contributed by atoms with E-state index in [9.17, 15) is 4.79 Å². The minimum Gasteiger partial charge on any atom is -0.376 e. The minimum absolute atomic E-state index is 0.119. The summed E-state index contributed by atoms with van der Waals surface area (Å²) in [4.78, 5) is 16.4. The van der Waals surface area contributed by atoms with Gasteiger partial charge in [0.25, 0.3) is 0 Å². The summed E-state index contributed by atoms with van der Waals surface area (Å²) in [6, 6.07) is 5.16. The third-order valence-corrected chi connectivity index (χ3v) is 5.32. The maximum atomic E-state index is 12.5. The molecule has 3 aromatic rings. The van der Waals surface area contributed by atoms with E-state index in [-0.39, 0.29) is 17.8 Å². The molecule has 0 saturated carbocycles. The van der Waals surface area contributed by atoms with Crippen molar-refractivity contribution in [3.8, 4) is 5.69 Å². The van der Waals surface area contributed by atoms with Gasteiger partial charge in [0.1, 0.15) is 12.7 Å². The highest BCUT2D eigenvalue weighted by Crippen LogP contribution is 2.25. The van der Waals surface area contributed by atoms with Crippen LogP contribution in [0, 0.1) is 0 Å². The third kappa shape index (κ3) is 4.49. The minimum atomic E-state index is -0.208. The molecule has 0 radical (unpaired) electrons. The van der Waals surface area contributed by atoms with E-state index >= 15 is 0 Å². The van der Waals surface area contributed by atoms with E-state index in [0.717, 1.165) is 19.4 Å². The Balaban J connectivity index is 1.39. The van der Waals surface area contributed by atoms with Crippen LogP contribution >= 0.6 is 23.4 Å². The molecule has 1 fully saturated rings. The average molecular weight is 421 g/mol. The lowest BCUT2D eigenvalue weighted by molar-refractivity contribution is -0.113. The van der Waals surface area contributed by atoms with E-state index in [1.54, 1.807) is 33.9 Å². The summed E-state index contributed by atoms with van der Waals surface area (Å²) < 4.78 is 8.85. The van der Waals surface area contributed by atoms with Crippen LogP contribution < -0.4 is 5.32 Å². The van der Waals surface area contributed by atoms with E-state index in [0.29, 0.717) is 28.1 Å². The number of rotatable bonds is 7. The summed E-state index contributed by atoms with van der Waals surface area (Å²) in [5.74, 6) is -0.0600. The van der Waals surface area contributed by atoms with Crippen LogP contribution in [-0.4, -0.2) is 59.3 Å². The number of tetrazole rings is 1. The highest BCUT2D eigenvalue weighted by Gasteiger charge is 2.19. The maximum Gasteiger partial charge on any atom is 0.234 e. The number of hydrogen-bond donors (Lipinski definition) is 1. The van der Waals surface area contributed by atoms with Gasteiger partial charge in [-0.25, -0.2) is 14.3 Å². The van der Waals surface area contributed by atoms with Crippen LogP contribution in [0.4, 0.5) is 5.69 Å². The van der Waals surface area contributed by atoms with Gasteiger partial charge in [0.2, 0.25) is 11.1 Å². The molecule has 12 heteroatoms. The van der Waals surface area contributed by atoms with Gasteiger partial charge in [-0.3, -0.25) is 4.79 Å². The molecule has 146 valence electrons. The number of ether oxygens (including phenoxy) is 1. The summed E-state index contributed by atoms with van der Waals surface area (Å²) >= 11 is 7.34. The van der Waals surface area contributed by atoms with Gasteiger partial charge in [0, 0.05) is 11.6 Å². The van der Waals surface area contributed by atoms with Gasteiger partial charge in [-0.15, -0.1) is 5.10 Å². The molecule has 1 aromatic carbocycles. The SMILES string of the molecule is O=C(CSc1nnnn1C[C@H]1CCCO1)Nc1cc(Cl)ccc1-n1cncn1. The molecule has 10 nitrogen and oxygen atoms in total. The highest BCUT2D eigenvalue weighted by molar-refractivity contribution is 7.99. The van der Waals surface area contributed by atoms with E-state index < -0.39 is 0 Å². The Kier molecular flexibility index (Phi) is 5.84. The summed E-state index contributed by atoms with van der Waals surface area (Å²) in [6.45, 7) is 1.35. The number of anilines is 1. The average Bonchev–Trinajstić information content (AvgIpc) is 3.44. The first-order valence-electron chi connectivity index (χ1n) is 8.64. The molecule has 1 atom stereocenters. The fraction of sp³-hybridized carbons (Fsp3) is 0.375. The maximum absolute atomic E-state index is 12.5. The molecule has 2 aromatic heterocycles. The number of halogens is 1. The Morgan fingerprint density at radius 2 is 2.36 bits per heavy atom. The molecule has 0 unspecified atom stereocenters. The van der Waals surface area contributed by atoms with Gasteiger partial charge in [0.05, 0.1) is 29.8 Å². The van der Waals surface area contributed by atoms with Crippen molar-refractivity contribution in [2.75, 3.05) is 17.7 Å². The second-order valence-corrected chi connectivity index (χ2v) is 7.50. The number of hydrogen-bond acceptors (Lipinski definition) is 8. The van der Waals surface area contributed by atoms with Gasteiger partial charge in [0.15, 0.2) is 0 Å². The number of amides is 1. The summed E-state index contributed by atoms with van der Waals surface area (Å²) in [5.41, 5.74) is 1.21. The molecular formula is C16H17ClN8O2S. The number of nitrogens with zero attached hydrogens (tertiary/aromatic N) is 7. The van der Waals surface area contributed by atoms with Crippen molar-refractivity contribution < 1.29 is 9.53 Å². The topological polar surface area (TPSA) is 113 Å². The molecule has 1 amide bonds. The Morgan fingerprint density at radius 3 is 3.14 bits per heavy atom. The van der Waals surface area contributed by atoms with Crippen molar-refractivity contribution in [3.63, 3.8) is 0 Å². The summed E-state index contributed by atoms with van der Waals surface area (Å²) in [5, 5.41) is 19.7. The van der Waals surface area contributed by atoms with Crippen LogP contribution in [0.25, 0.3) is 5.69 Å². The highest BCUT2D eigenvalue weighted by atomic mass is 35.5. The van der Waals surface area contributed by atoms with Crippen LogP contribution in [0.5, 0.6) is 0 Å². The van der Waals surface area contributed by atoms with Crippen LogP contribution in [0.1, 0.15) is 12.8 Å². The normalized spacial score (nSPS) is 16.4. The Hall–Kier alpha value is -2.50. The standard InChI is InChI=1S/C16H17ClN8O2S/c17-11-3-4-14(25-10-18-9-19-25)13(6-11)20-15(26)8-28-16-21-22-23-24(16)7-12-2-1-5-27-12/h3-4,6,9-10,12H,1-2,5,7-8H2,(H,20,26)/t12-/m1/s1. The Morgan fingerprint density at radius 1 is 1.43 bits per heavy atom. The van der Waals surface area contributed by atoms with Crippen molar-refractivity contribution >= 4 is 35.0 Å². The van der Waals surface area contributed by atoms with Crippen molar-refractivity contribution in [2.45, 2.75) is 30.6 Å². The largest absolute Gasteiger partial charge is 0.376 e. The zero-order valence-electron chi connectivity index (χ0n) is 14.7. The number of thioether (sulfide) groups is 1. The molecule has 1 aliphatic heterocycles. The number of carbonyl (C=O) groups excluding carboxylic acids is 1. The fourth-order valence-electron chi connectivity index (χ4n) is 2.85. The Labute approximate surface area is 169 Å². The van der Waals surface area contributed by atoms with E-state index in [4.69, 9.17) is 16.3 Å². The predicted octanol–water partition coefficient (Wildman–Crippen LogP) is 1.82. The molecule has 0 aliphatic carbocycles. The zero-order chi connectivity index (χ0) is 19.3. The van der Waals surface area contributed by atoms with Crippen LogP contribution in [0.15, 0.2) is 36.0 Å². The quantitative estimate of drug-likeness (QED) is 0.576. The van der Waals surface area contributed by atoms with E-state index in [2.05, 4.69) is 30.9 Å². The van der Waals surface area contributed by atoms with E-state index in [1.807, 2.05) is 0 Å². The molecule has 1 saturated heterocycles. The molecule has 3 heterocycles. The van der Waals surface area contributed by atoms with Gasteiger partial charge in [-0.05, 0) is 41.5 Å². The predicted molar refractivity (Wildman–Crippen MR) is 103 cm³/mol. The first kappa shape index (κ1) is 18.8. The Bertz CT molecular complexity index is 942. The molecule has 1 aliphatic rings. The molecular weight excluding hydrogens is 404 g/mol. The lowest BCUT2D eigenvalue weighted by Crippen LogP contribution is -2.19. The van der Waals surface area contributed by atoms with Crippen molar-refractivity contribution in [3.05, 3.63) is 35.9 Å². The van der Waals surface area contributed by atoms with E-state index in [1.165, 1.54) is 18.1 Å². The second kappa shape index (κ2) is 8.67. The van der Waals surface area contributed by atoms with Gasteiger partial charge < -0.3 is 10.1 Å². The molecule has 4 rings (SSSR count). The third-order valence-electron chi connectivity index (χ3n) is 4.13. The van der Waals surface area contributed by atoms with Gasteiger partial charge >= 0.3 is 0 Å². The number of benzene rings is 1. The fourth-order valence-corrected chi connectivity index (χ4v) is 3.71. The van der Waals surface area contributed by atoms with Crippen LogP contribution in [0.3, 0.4) is 0 Å². The smallest absolute Gasteiger partial charge is 0.234 e. The molecule has 0 bridgehead atoms. The van der Waals surface area contributed by atoms with Gasteiger partial charge in [-0.2, -0.15) is 5.10 Å². The first-order chi connectivity index (χ1) is 13.7. The van der Waals surface area contributed by atoms with Crippen LogP contribution in [0.2, 0.25) is 5.02 Å². The van der Waals surface area contributed by atoms with Crippen molar-refractivity contribution in [1.29, 1.82) is 0 Å².